The molecule has 0 aliphatic heterocycles. The molecule has 7 aromatic carbocycles. The monoisotopic (exact) mass is 660 g/mol. The first-order valence-corrected chi connectivity index (χ1v) is 15.6. The minimum absolute atomic E-state index is 0.164. The number of methoxy groups -OCH3 is 8. The average molecular weight is 661 g/mol. The zero-order valence-electron chi connectivity index (χ0n) is 28.9. The van der Waals surface area contributed by atoms with Gasteiger partial charge in [0.15, 0.2) is 17.3 Å². The first-order chi connectivity index (χ1) is 23.8. The van der Waals surface area contributed by atoms with Crippen LogP contribution in [0.4, 0.5) is 0 Å². The van der Waals surface area contributed by atoms with Crippen LogP contribution in [0.5, 0.6) is 46.0 Å². The van der Waals surface area contributed by atoms with Crippen LogP contribution in [0, 0.1) is 0 Å². The first-order valence-electron chi connectivity index (χ1n) is 15.6. The van der Waals surface area contributed by atoms with Crippen molar-refractivity contribution in [3.8, 4) is 46.0 Å². The van der Waals surface area contributed by atoms with Crippen molar-refractivity contribution in [2.24, 2.45) is 0 Å². The van der Waals surface area contributed by atoms with Gasteiger partial charge in [-0.05, 0) is 61.5 Å². The van der Waals surface area contributed by atoms with Gasteiger partial charge in [0, 0.05) is 64.6 Å². The molecule has 0 fully saturated rings. The summed E-state index contributed by atoms with van der Waals surface area (Å²) < 4.78 is 48.2. The fraction of sp³-hybridized carbons (Fsp3) is 0.225. The molecule has 0 spiro atoms. The molecule has 7 aromatic rings. The molecule has 0 unspecified atom stereocenters. The lowest BCUT2D eigenvalue weighted by Crippen LogP contribution is -2.02. The van der Waals surface area contributed by atoms with Gasteiger partial charge in [-0.2, -0.15) is 0 Å². The van der Waals surface area contributed by atoms with Gasteiger partial charge in [-0.1, -0.05) is 0 Å². The molecule has 49 heavy (non-hydrogen) atoms. The Hall–Kier alpha value is -5.83. The summed E-state index contributed by atoms with van der Waals surface area (Å²) in [5.41, 5.74) is 0.392. The zero-order chi connectivity index (χ0) is 34.7. The van der Waals surface area contributed by atoms with Crippen molar-refractivity contribution in [1.29, 1.82) is 0 Å². The Bertz CT molecular complexity index is 2510. The Kier molecular flexibility index (Phi) is 7.78. The van der Waals surface area contributed by atoms with Crippen LogP contribution in [0.2, 0.25) is 0 Å². The lowest BCUT2D eigenvalue weighted by molar-refractivity contribution is 0.101. The summed E-state index contributed by atoms with van der Waals surface area (Å²) in [6.07, 6.45) is 0. The Balaban J connectivity index is 1.98. The number of benzene rings is 7. The Morgan fingerprint density at radius 2 is 0.755 bits per heavy atom. The molecule has 0 aromatic heterocycles. The molecular formula is C40H36O9. The minimum atomic E-state index is -0.164. The summed E-state index contributed by atoms with van der Waals surface area (Å²) in [6.45, 7) is 1.52. The molecule has 0 bridgehead atoms. The highest BCUT2D eigenvalue weighted by atomic mass is 16.5. The molecule has 0 heterocycles. The van der Waals surface area contributed by atoms with Gasteiger partial charge >= 0.3 is 0 Å². The molecule has 0 atom stereocenters. The van der Waals surface area contributed by atoms with Gasteiger partial charge in [0.05, 0.1) is 62.4 Å². The maximum Gasteiger partial charge on any atom is 0.169 e. The van der Waals surface area contributed by atoms with E-state index >= 15 is 0 Å². The van der Waals surface area contributed by atoms with Crippen molar-refractivity contribution in [3.63, 3.8) is 0 Å². The summed E-state index contributed by atoms with van der Waals surface area (Å²) >= 11 is 0. The van der Waals surface area contributed by atoms with Crippen LogP contribution in [0.25, 0.3) is 64.6 Å². The van der Waals surface area contributed by atoms with E-state index in [0.29, 0.717) is 62.3 Å². The third kappa shape index (κ3) is 4.34. The third-order valence-electron chi connectivity index (χ3n) is 9.48. The summed E-state index contributed by atoms with van der Waals surface area (Å²) in [5, 5.41) is 9.54. The summed E-state index contributed by atoms with van der Waals surface area (Å²) in [6, 6.07) is 17.4. The Morgan fingerprint density at radius 1 is 0.367 bits per heavy atom. The highest BCUT2D eigenvalue weighted by molar-refractivity contribution is 6.39. The number of hydrogen-bond acceptors (Lipinski definition) is 9. The predicted molar refractivity (Wildman–Crippen MR) is 194 cm³/mol. The molecule has 0 amide bonds. The van der Waals surface area contributed by atoms with E-state index in [2.05, 4.69) is 0 Å². The minimum Gasteiger partial charge on any atom is -0.496 e. The molecule has 0 aliphatic rings. The summed E-state index contributed by atoms with van der Waals surface area (Å²) in [4.78, 5) is 13.1. The summed E-state index contributed by atoms with van der Waals surface area (Å²) in [7, 11) is 13.0. The van der Waals surface area contributed by atoms with Crippen molar-refractivity contribution in [1.82, 2.24) is 0 Å². The number of ether oxygens (including phenoxy) is 8. The van der Waals surface area contributed by atoms with E-state index in [1.54, 1.807) is 62.9 Å². The molecule has 0 radical (unpaired) electrons. The second-order valence-electron chi connectivity index (χ2n) is 11.6. The molecule has 7 rings (SSSR count). The molecule has 0 aliphatic carbocycles. The van der Waals surface area contributed by atoms with Gasteiger partial charge in [-0.25, -0.2) is 0 Å². The van der Waals surface area contributed by atoms with Crippen LogP contribution in [-0.4, -0.2) is 62.7 Å². The van der Waals surface area contributed by atoms with E-state index in [0.717, 1.165) is 53.9 Å². The fourth-order valence-electron chi connectivity index (χ4n) is 7.46. The van der Waals surface area contributed by atoms with Gasteiger partial charge in [0.2, 0.25) is 0 Å². The molecule has 0 saturated heterocycles. The predicted octanol–water partition coefficient (Wildman–Crippen LogP) is 8.88. The summed E-state index contributed by atoms with van der Waals surface area (Å²) in [5.74, 6) is 4.46. The van der Waals surface area contributed by atoms with E-state index in [9.17, 15) is 4.79 Å². The maximum absolute atomic E-state index is 13.1. The van der Waals surface area contributed by atoms with Gasteiger partial charge in [-0.3, -0.25) is 4.79 Å². The van der Waals surface area contributed by atoms with E-state index < -0.39 is 0 Å². The number of carbonyl (C=O) groups is 1. The van der Waals surface area contributed by atoms with Crippen molar-refractivity contribution in [2.45, 2.75) is 6.92 Å². The smallest absolute Gasteiger partial charge is 0.169 e. The van der Waals surface area contributed by atoms with Crippen LogP contribution in [0.1, 0.15) is 17.3 Å². The molecule has 9 nitrogen and oxygen atoms in total. The van der Waals surface area contributed by atoms with Crippen LogP contribution >= 0.6 is 0 Å². The quantitative estimate of drug-likeness (QED) is 0.111. The van der Waals surface area contributed by atoms with Crippen molar-refractivity contribution in [3.05, 3.63) is 60.2 Å². The highest BCUT2D eigenvalue weighted by Crippen LogP contribution is 2.55. The number of rotatable bonds is 9. The lowest BCUT2D eigenvalue weighted by Gasteiger charge is -2.23. The number of fused-ring (bicyclic) bond motifs is 11. The fourth-order valence-corrected chi connectivity index (χ4v) is 7.46. The van der Waals surface area contributed by atoms with Gasteiger partial charge in [0.1, 0.15) is 34.5 Å². The third-order valence-corrected chi connectivity index (χ3v) is 9.48. The maximum atomic E-state index is 13.1. The van der Waals surface area contributed by atoms with Crippen molar-refractivity contribution < 1.29 is 42.7 Å². The van der Waals surface area contributed by atoms with E-state index in [1.807, 2.05) is 48.5 Å². The van der Waals surface area contributed by atoms with Crippen LogP contribution in [-0.2, 0) is 0 Å². The first kappa shape index (κ1) is 31.8. The second-order valence-corrected chi connectivity index (χ2v) is 11.6. The van der Waals surface area contributed by atoms with E-state index in [4.69, 9.17) is 37.9 Å². The van der Waals surface area contributed by atoms with Gasteiger partial charge < -0.3 is 37.9 Å². The van der Waals surface area contributed by atoms with Gasteiger partial charge in [0.25, 0.3) is 0 Å². The average Bonchev–Trinajstić information content (AvgIpc) is 3.14. The highest BCUT2D eigenvalue weighted by Gasteiger charge is 2.27. The normalized spacial score (nSPS) is 11.4. The number of ketones is 1. The van der Waals surface area contributed by atoms with Gasteiger partial charge in [-0.15, -0.1) is 0 Å². The number of Topliss-reactive ketones (excluding diaryl/α,β-unsaturated/α-hetero) is 1. The Labute approximate surface area is 282 Å². The van der Waals surface area contributed by atoms with E-state index in [1.165, 1.54) is 6.92 Å². The molecular weight excluding hydrogens is 624 g/mol. The van der Waals surface area contributed by atoms with Crippen molar-refractivity contribution >= 4 is 70.4 Å². The number of hydrogen-bond donors (Lipinski definition) is 0. The molecule has 250 valence electrons. The Morgan fingerprint density at radius 3 is 1.20 bits per heavy atom. The SMILES string of the molecule is COc1ccc(OC)c2c1cc(OC)c1ccc3c(OC)c(OC)c4ccc5c(OC)cc6c(OC)cc(C(C)=O)c(OC)c6c5c4c3c12. The van der Waals surface area contributed by atoms with Crippen molar-refractivity contribution in [2.75, 3.05) is 56.9 Å². The lowest BCUT2D eigenvalue weighted by atomic mass is 9.86. The molecule has 0 N–H and O–H groups in total. The van der Waals surface area contributed by atoms with Crippen LogP contribution < -0.4 is 37.9 Å². The number of carbonyl (C=O) groups excluding carboxylic acids is 1. The van der Waals surface area contributed by atoms with Crippen LogP contribution in [0.3, 0.4) is 0 Å². The molecule has 9 heteroatoms. The zero-order valence-corrected chi connectivity index (χ0v) is 28.9. The largest absolute Gasteiger partial charge is 0.496 e. The van der Waals surface area contributed by atoms with E-state index in [-0.39, 0.29) is 5.78 Å². The van der Waals surface area contributed by atoms with Crippen LogP contribution in [0.15, 0.2) is 54.6 Å². The standard InChI is InChI=1S/C40H36O9/c1-19(41)24-16-31(46-6)26-18-30(45-5)21-11-13-23-36(34(21)37(26)38(24)47-7)35-22(39(48-8)40(23)49-9)12-10-20-29(44-4)17-25-27(42-2)14-15-28(43-3)32(25)33(20)35/h10-18H,1-9H3. The molecule has 0 saturated carbocycles. The second kappa shape index (κ2) is 12.0. The topological polar surface area (TPSA) is 90.9 Å².